The van der Waals surface area contributed by atoms with Crippen LogP contribution in [0.5, 0.6) is 0 Å². The summed E-state index contributed by atoms with van der Waals surface area (Å²) in [5.41, 5.74) is 5.55. The summed E-state index contributed by atoms with van der Waals surface area (Å²) in [4.78, 5) is -0.110. The average Bonchev–Trinajstić information content (AvgIpc) is 2.43. The van der Waals surface area contributed by atoms with Crippen LogP contribution in [0.25, 0.3) is 0 Å². The number of benzene rings is 2. The Bertz CT molecular complexity index is 782. The van der Waals surface area contributed by atoms with Gasteiger partial charge < -0.3 is 5.73 Å². The molecule has 0 aliphatic rings. The zero-order valence-corrected chi connectivity index (χ0v) is 12.2. The van der Waals surface area contributed by atoms with Gasteiger partial charge in [0.1, 0.15) is 11.6 Å². The molecule has 0 amide bonds. The van der Waals surface area contributed by atoms with E-state index in [4.69, 9.17) is 17.3 Å². The third-order valence-electron chi connectivity index (χ3n) is 2.74. The maximum absolute atomic E-state index is 13.4. The van der Waals surface area contributed by atoms with Gasteiger partial charge in [0.2, 0.25) is 10.0 Å². The molecule has 4 nitrogen and oxygen atoms in total. The van der Waals surface area contributed by atoms with E-state index in [0.29, 0.717) is 0 Å². The van der Waals surface area contributed by atoms with Gasteiger partial charge in [-0.3, -0.25) is 0 Å². The molecule has 0 aromatic heterocycles. The van der Waals surface area contributed by atoms with Crippen LogP contribution in [-0.4, -0.2) is 8.42 Å². The monoisotopic (exact) mass is 332 g/mol. The van der Waals surface area contributed by atoms with Crippen LogP contribution in [0.15, 0.2) is 41.3 Å². The smallest absolute Gasteiger partial charge is 0.240 e. The van der Waals surface area contributed by atoms with Gasteiger partial charge in [-0.25, -0.2) is 21.9 Å². The van der Waals surface area contributed by atoms with Crippen LogP contribution in [0, 0.1) is 11.6 Å². The molecule has 0 saturated heterocycles. The van der Waals surface area contributed by atoms with Crippen LogP contribution in [0.1, 0.15) is 5.56 Å². The molecule has 2 aromatic rings. The van der Waals surface area contributed by atoms with Gasteiger partial charge in [0, 0.05) is 12.1 Å². The van der Waals surface area contributed by atoms with Crippen molar-refractivity contribution in [3.8, 4) is 0 Å². The quantitative estimate of drug-likeness (QED) is 0.845. The molecule has 0 unspecified atom stereocenters. The minimum atomic E-state index is -3.91. The molecule has 8 heteroatoms. The van der Waals surface area contributed by atoms with E-state index < -0.39 is 21.7 Å². The Morgan fingerprint density at radius 3 is 2.52 bits per heavy atom. The normalized spacial score (nSPS) is 11.6. The number of nitrogens with one attached hydrogen (secondary N) is 1. The van der Waals surface area contributed by atoms with Crippen LogP contribution >= 0.6 is 11.6 Å². The number of sulfonamides is 1. The number of rotatable bonds is 4. The van der Waals surface area contributed by atoms with Crippen molar-refractivity contribution < 1.29 is 17.2 Å². The highest BCUT2D eigenvalue weighted by molar-refractivity contribution is 7.89. The molecule has 3 N–H and O–H groups in total. The topological polar surface area (TPSA) is 72.2 Å². The average molecular weight is 333 g/mol. The lowest BCUT2D eigenvalue weighted by Gasteiger charge is -2.09. The van der Waals surface area contributed by atoms with Gasteiger partial charge >= 0.3 is 0 Å². The Labute approximate surface area is 125 Å². The lowest BCUT2D eigenvalue weighted by atomic mass is 10.2. The molecule has 0 heterocycles. The number of nitrogen functional groups attached to an aromatic ring is 1. The van der Waals surface area contributed by atoms with Crippen molar-refractivity contribution in [3.63, 3.8) is 0 Å². The van der Waals surface area contributed by atoms with E-state index in [9.17, 15) is 17.2 Å². The fourth-order valence-electron chi connectivity index (χ4n) is 1.62. The first-order valence-electron chi connectivity index (χ1n) is 5.78. The second-order valence-electron chi connectivity index (χ2n) is 4.24. The molecule has 0 bridgehead atoms. The SMILES string of the molecule is Nc1cc(S(=O)(=O)NCc2cc(F)ccc2F)ccc1Cl. The standard InChI is InChI=1S/C13H11ClF2N2O2S/c14-11-3-2-10(6-13(11)17)21(19,20)18-7-8-5-9(15)1-4-12(8)16/h1-6,18H,7,17H2. The molecule has 0 atom stereocenters. The molecular formula is C13H11ClF2N2O2S. The Morgan fingerprint density at radius 1 is 1.14 bits per heavy atom. The molecule has 0 fully saturated rings. The molecular weight excluding hydrogens is 322 g/mol. The highest BCUT2D eigenvalue weighted by atomic mass is 35.5. The van der Waals surface area contributed by atoms with E-state index in [2.05, 4.69) is 4.72 Å². The van der Waals surface area contributed by atoms with Gasteiger partial charge in [0.05, 0.1) is 15.6 Å². The highest BCUT2D eigenvalue weighted by Crippen LogP contribution is 2.22. The van der Waals surface area contributed by atoms with Gasteiger partial charge in [-0.1, -0.05) is 11.6 Å². The molecule has 0 aliphatic heterocycles. The molecule has 2 rings (SSSR count). The third kappa shape index (κ3) is 3.69. The number of hydrogen-bond donors (Lipinski definition) is 2. The van der Waals surface area contributed by atoms with E-state index >= 15 is 0 Å². The van der Waals surface area contributed by atoms with Gasteiger partial charge in [-0.15, -0.1) is 0 Å². The first-order chi connectivity index (χ1) is 9.79. The van der Waals surface area contributed by atoms with Crippen molar-refractivity contribution in [2.45, 2.75) is 11.4 Å². The minimum absolute atomic E-state index is 0.0967. The fourth-order valence-corrected chi connectivity index (χ4v) is 2.78. The fraction of sp³-hybridized carbons (Fsp3) is 0.0769. The Kier molecular flexibility index (Phi) is 4.46. The Hall–Kier alpha value is -1.70. The van der Waals surface area contributed by atoms with Crippen molar-refractivity contribution in [2.75, 3.05) is 5.73 Å². The summed E-state index contributed by atoms with van der Waals surface area (Å²) in [6, 6.07) is 6.60. The Morgan fingerprint density at radius 2 is 1.86 bits per heavy atom. The lowest BCUT2D eigenvalue weighted by molar-refractivity contribution is 0.567. The van der Waals surface area contributed by atoms with Gasteiger partial charge in [0.25, 0.3) is 0 Å². The number of halogens is 3. The maximum atomic E-state index is 13.4. The van der Waals surface area contributed by atoms with E-state index in [1.807, 2.05) is 0 Å². The molecule has 21 heavy (non-hydrogen) atoms. The Balaban J connectivity index is 2.21. The van der Waals surface area contributed by atoms with E-state index in [-0.39, 0.29) is 27.7 Å². The zero-order chi connectivity index (χ0) is 15.6. The van der Waals surface area contributed by atoms with Crippen LogP contribution < -0.4 is 10.5 Å². The van der Waals surface area contributed by atoms with Gasteiger partial charge in [-0.2, -0.15) is 0 Å². The predicted octanol–water partition coefficient (Wildman–Crippen LogP) is 2.68. The third-order valence-corrected chi connectivity index (χ3v) is 4.48. The second-order valence-corrected chi connectivity index (χ2v) is 6.42. The van der Waals surface area contributed by atoms with Crippen LogP contribution in [0.3, 0.4) is 0 Å². The second kappa shape index (κ2) is 5.97. The van der Waals surface area contributed by atoms with E-state index in [0.717, 1.165) is 18.2 Å². The first-order valence-corrected chi connectivity index (χ1v) is 7.64. The summed E-state index contributed by atoms with van der Waals surface area (Å²) in [7, 11) is -3.91. The summed E-state index contributed by atoms with van der Waals surface area (Å²) in [5.74, 6) is -1.35. The summed E-state index contributed by atoms with van der Waals surface area (Å²) < 4.78 is 52.7. The molecule has 112 valence electrons. The highest BCUT2D eigenvalue weighted by Gasteiger charge is 2.16. The largest absolute Gasteiger partial charge is 0.397 e. The van der Waals surface area contributed by atoms with Crippen molar-refractivity contribution >= 4 is 27.3 Å². The summed E-state index contributed by atoms with van der Waals surface area (Å²) >= 11 is 5.71. The van der Waals surface area contributed by atoms with E-state index in [1.165, 1.54) is 18.2 Å². The summed E-state index contributed by atoms with van der Waals surface area (Å²) in [6.07, 6.45) is 0. The van der Waals surface area contributed by atoms with Crippen LogP contribution in [0.4, 0.5) is 14.5 Å². The zero-order valence-electron chi connectivity index (χ0n) is 10.6. The number of nitrogens with two attached hydrogens (primary N) is 1. The summed E-state index contributed by atoms with van der Waals surface area (Å²) in [5, 5.41) is 0.227. The van der Waals surface area contributed by atoms with Crippen molar-refractivity contribution in [3.05, 3.63) is 58.6 Å². The van der Waals surface area contributed by atoms with Crippen molar-refractivity contribution in [1.82, 2.24) is 4.72 Å². The molecule has 0 spiro atoms. The molecule has 0 saturated carbocycles. The maximum Gasteiger partial charge on any atom is 0.240 e. The molecule has 0 aliphatic carbocycles. The van der Waals surface area contributed by atoms with Crippen LogP contribution in [-0.2, 0) is 16.6 Å². The lowest BCUT2D eigenvalue weighted by Crippen LogP contribution is -2.24. The van der Waals surface area contributed by atoms with Gasteiger partial charge in [0.15, 0.2) is 0 Å². The predicted molar refractivity (Wildman–Crippen MR) is 76.2 cm³/mol. The van der Waals surface area contributed by atoms with Gasteiger partial charge in [-0.05, 0) is 36.4 Å². The number of anilines is 1. The van der Waals surface area contributed by atoms with Crippen molar-refractivity contribution in [1.29, 1.82) is 0 Å². The minimum Gasteiger partial charge on any atom is -0.397 e. The van der Waals surface area contributed by atoms with Crippen molar-refractivity contribution in [2.24, 2.45) is 0 Å². The van der Waals surface area contributed by atoms with Crippen LogP contribution in [0.2, 0.25) is 5.02 Å². The first kappa shape index (κ1) is 15.7. The molecule has 2 aromatic carbocycles. The molecule has 0 radical (unpaired) electrons. The van der Waals surface area contributed by atoms with E-state index in [1.54, 1.807) is 0 Å². The summed E-state index contributed by atoms with van der Waals surface area (Å²) in [6.45, 7) is -0.380. The number of hydrogen-bond acceptors (Lipinski definition) is 3.